The highest BCUT2D eigenvalue weighted by atomic mass is 32.2. The Balaban J connectivity index is 1.83. The summed E-state index contributed by atoms with van der Waals surface area (Å²) in [6.45, 7) is 6.11. The molecule has 1 heterocycles. The van der Waals surface area contributed by atoms with Crippen molar-refractivity contribution in [3.63, 3.8) is 0 Å². The number of benzene rings is 1. The Labute approximate surface area is 123 Å². The molecule has 0 fully saturated rings. The first-order valence-electron chi connectivity index (χ1n) is 6.60. The summed E-state index contributed by atoms with van der Waals surface area (Å²) in [6.07, 6.45) is -0.466. The van der Waals surface area contributed by atoms with E-state index < -0.39 is 6.10 Å². The lowest BCUT2D eigenvalue weighted by molar-refractivity contribution is 0.204. The van der Waals surface area contributed by atoms with Crippen LogP contribution in [0.3, 0.4) is 0 Å². The van der Waals surface area contributed by atoms with Crippen LogP contribution < -0.4 is 0 Å². The highest BCUT2D eigenvalue weighted by molar-refractivity contribution is 7.98. The molecule has 1 aromatic heterocycles. The fourth-order valence-corrected chi connectivity index (χ4v) is 2.47. The van der Waals surface area contributed by atoms with Gasteiger partial charge in [0.2, 0.25) is 11.8 Å². The molecular weight excluding hydrogens is 272 g/mol. The topological polar surface area (TPSA) is 59.2 Å². The molecule has 5 heteroatoms. The van der Waals surface area contributed by atoms with Crippen molar-refractivity contribution < 1.29 is 9.52 Å². The summed E-state index contributed by atoms with van der Waals surface area (Å²) in [5.74, 6) is 2.49. The normalized spacial score (nSPS) is 13.4. The second-order valence-electron chi connectivity index (χ2n) is 5.69. The molecule has 0 aliphatic heterocycles. The van der Waals surface area contributed by atoms with Gasteiger partial charge in [0.25, 0.3) is 0 Å². The van der Waals surface area contributed by atoms with E-state index in [1.807, 2.05) is 51.1 Å². The third-order valence-corrected chi connectivity index (χ3v) is 3.80. The number of aromatic nitrogens is 2. The van der Waals surface area contributed by atoms with Crippen molar-refractivity contribution in [2.45, 2.75) is 38.0 Å². The van der Waals surface area contributed by atoms with E-state index in [1.54, 1.807) is 11.8 Å². The van der Waals surface area contributed by atoms with E-state index in [2.05, 4.69) is 10.2 Å². The zero-order valence-electron chi connectivity index (χ0n) is 12.0. The van der Waals surface area contributed by atoms with E-state index in [-0.39, 0.29) is 5.41 Å². The molecule has 0 spiro atoms. The molecule has 2 aromatic rings. The molecule has 0 amide bonds. The van der Waals surface area contributed by atoms with Crippen LogP contribution in [0.1, 0.15) is 44.2 Å². The molecule has 2 rings (SSSR count). The lowest BCUT2D eigenvalue weighted by Gasteiger charge is -2.11. The zero-order chi connectivity index (χ0) is 14.6. The number of thioether (sulfide) groups is 1. The van der Waals surface area contributed by atoms with Crippen molar-refractivity contribution in [1.29, 1.82) is 0 Å². The highest BCUT2D eigenvalue weighted by Gasteiger charge is 2.21. The van der Waals surface area contributed by atoms with Crippen molar-refractivity contribution in [3.8, 4) is 0 Å². The average Bonchev–Trinajstić information content (AvgIpc) is 2.88. The first-order chi connectivity index (χ1) is 9.47. The predicted octanol–water partition coefficient (Wildman–Crippen LogP) is 3.33. The number of hydrogen-bond acceptors (Lipinski definition) is 5. The van der Waals surface area contributed by atoms with Crippen molar-refractivity contribution in [3.05, 3.63) is 47.7 Å². The Bertz CT molecular complexity index is 534. The summed E-state index contributed by atoms with van der Waals surface area (Å²) in [6, 6.07) is 9.65. The largest absolute Gasteiger partial charge is 0.424 e. The van der Waals surface area contributed by atoms with Gasteiger partial charge in [0, 0.05) is 11.2 Å². The minimum absolute atomic E-state index is 0.126. The molecule has 0 radical (unpaired) electrons. The third-order valence-electron chi connectivity index (χ3n) is 2.79. The second kappa shape index (κ2) is 6.41. The SMILES string of the molecule is CC(C)(C)c1nnc(CSCC(O)c2ccccc2)o1. The molecule has 1 unspecified atom stereocenters. The first kappa shape index (κ1) is 15.1. The first-order valence-corrected chi connectivity index (χ1v) is 7.76. The predicted molar refractivity (Wildman–Crippen MR) is 80.6 cm³/mol. The standard InChI is InChI=1S/C15H20N2O2S/c1-15(2,3)14-17-16-13(19-14)10-20-9-12(18)11-7-5-4-6-8-11/h4-8,12,18H,9-10H2,1-3H3. The molecular formula is C15H20N2O2S. The van der Waals surface area contributed by atoms with Crippen LogP contribution in [-0.2, 0) is 11.2 Å². The second-order valence-corrected chi connectivity index (χ2v) is 6.72. The maximum absolute atomic E-state index is 10.0. The minimum Gasteiger partial charge on any atom is -0.424 e. The molecule has 1 atom stereocenters. The van der Waals surface area contributed by atoms with Gasteiger partial charge >= 0.3 is 0 Å². The molecule has 0 saturated carbocycles. The Kier molecular flexibility index (Phi) is 4.83. The van der Waals surface area contributed by atoms with Crippen molar-refractivity contribution in [1.82, 2.24) is 10.2 Å². The van der Waals surface area contributed by atoms with Crippen molar-refractivity contribution >= 4 is 11.8 Å². The average molecular weight is 292 g/mol. The Morgan fingerprint density at radius 2 is 1.90 bits per heavy atom. The van der Waals surface area contributed by atoms with Gasteiger partial charge in [-0.1, -0.05) is 51.1 Å². The summed E-state index contributed by atoms with van der Waals surface area (Å²) in [5, 5.41) is 18.1. The number of hydrogen-bond donors (Lipinski definition) is 1. The van der Waals surface area contributed by atoms with E-state index in [0.717, 1.165) is 5.56 Å². The fourth-order valence-electron chi connectivity index (χ4n) is 1.64. The quantitative estimate of drug-likeness (QED) is 0.916. The lowest BCUT2D eigenvalue weighted by Crippen LogP contribution is -2.11. The van der Waals surface area contributed by atoms with Gasteiger partial charge in [-0.15, -0.1) is 22.0 Å². The minimum atomic E-state index is -0.466. The molecule has 0 aliphatic carbocycles. The summed E-state index contributed by atoms with van der Waals surface area (Å²) < 4.78 is 5.61. The number of aliphatic hydroxyl groups excluding tert-OH is 1. The number of rotatable bonds is 5. The monoisotopic (exact) mass is 292 g/mol. The smallest absolute Gasteiger partial charge is 0.226 e. The fraction of sp³-hybridized carbons (Fsp3) is 0.467. The van der Waals surface area contributed by atoms with Crippen LogP contribution in [0.25, 0.3) is 0 Å². The molecule has 1 N–H and O–H groups in total. The van der Waals surface area contributed by atoms with E-state index in [1.165, 1.54) is 0 Å². The molecule has 20 heavy (non-hydrogen) atoms. The van der Waals surface area contributed by atoms with E-state index >= 15 is 0 Å². The van der Waals surface area contributed by atoms with E-state index in [0.29, 0.717) is 23.3 Å². The summed E-state index contributed by atoms with van der Waals surface area (Å²) in [7, 11) is 0. The van der Waals surface area contributed by atoms with Crippen LogP contribution in [0, 0.1) is 0 Å². The molecule has 1 aromatic carbocycles. The van der Waals surface area contributed by atoms with Gasteiger partial charge in [0.15, 0.2) is 0 Å². The van der Waals surface area contributed by atoms with Gasteiger partial charge in [-0.3, -0.25) is 0 Å². The van der Waals surface area contributed by atoms with Gasteiger partial charge in [0.05, 0.1) is 11.9 Å². The summed E-state index contributed by atoms with van der Waals surface area (Å²) >= 11 is 1.59. The van der Waals surface area contributed by atoms with Gasteiger partial charge < -0.3 is 9.52 Å². The summed E-state index contributed by atoms with van der Waals surface area (Å²) in [4.78, 5) is 0. The maximum Gasteiger partial charge on any atom is 0.226 e. The molecule has 0 bridgehead atoms. The van der Waals surface area contributed by atoms with E-state index in [4.69, 9.17) is 4.42 Å². The van der Waals surface area contributed by atoms with Crippen LogP contribution in [0.5, 0.6) is 0 Å². The van der Waals surface area contributed by atoms with Crippen LogP contribution in [0.4, 0.5) is 0 Å². The molecule has 0 aliphatic rings. The Morgan fingerprint density at radius 3 is 2.50 bits per heavy atom. The maximum atomic E-state index is 10.0. The Morgan fingerprint density at radius 1 is 1.20 bits per heavy atom. The third kappa shape index (κ3) is 4.08. The van der Waals surface area contributed by atoms with Gasteiger partial charge in [-0.25, -0.2) is 0 Å². The van der Waals surface area contributed by atoms with E-state index in [9.17, 15) is 5.11 Å². The molecule has 4 nitrogen and oxygen atoms in total. The number of nitrogens with zero attached hydrogens (tertiary/aromatic N) is 2. The van der Waals surface area contributed by atoms with Gasteiger partial charge in [-0.2, -0.15) is 0 Å². The summed E-state index contributed by atoms with van der Waals surface area (Å²) in [5.41, 5.74) is 0.806. The number of aliphatic hydroxyl groups is 1. The highest BCUT2D eigenvalue weighted by Crippen LogP contribution is 2.24. The van der Waals surface area contributed by atoms with Crippen molar-refractivity contribution in [2.75, 3.05) is 5.75 Å². The lowest BCUT2D eigenvalue weighted by atomic mass is 9.97. The van der Waals surface area contributed by atoms with Crippen LogP contribution in [-0.4, -0.2) is 21.1 Å². The molecule has 0 saturated heterocycles. The van der Waals surface area contributed by atoms with Crippen molar-refractivity contribution in [2.24, 2.45) is 0 Å². The Hall–Kier alpha value is -1.33. The zero-order valence-corrected chi connectivity index (χ0v) is 12.9. The van der Waals surface area contributed by atoms with Crippen LogP contribution in [0.2, 0.25) is 0 Å². The van der Waals surface area contributed by atoms with Gasteiger partial charge in [-0.05, 0) is 5.56 Å². The van der Waals surface area contributed by atoms with Gasteiger partial charge in [0.1, 0.15) is 0 Å². The van der Waals surface area contributed by atoms with Crippen LogP contribution >= 0.6 is 11.8 Å². The van der Waals surface area contributed by atoms with Crippen LogP contribution in [0.15, 0.2) is 34.7 Å². The molecule has 108 valence electrons.